The van der Waals surface area contributed by atoms with Gasteiger partial charge >= 0.3 is 0 Å². The number of piperidine rings is 2. The number of aromatic hydroxyl groups is 1. The Labute approximate surface area is 355 Å². The van der Waals surface area contributed by atoms with Crippen molar-refractivity contribution in [3.8, 4) is 22.8 Å². The fourth-order valence-corrected chi connectivity index (χ4v) is 9.48. The van der Waals surface area contributed by atoms with E-state index < -0.39 is 0 Å². The number of nitrogen functional groups attached to an aromatic ring is 1. The van der Waals surface area contributed by atoms with Crippen LogP contribution in [0.2, 0.25) is 0 Å². The number of fused-ring (bicyclic) bond motifs is 2. The smallest absolute Gasteiger partial charge is 0.249 e. The summed E-state index contributed by atoms with van der Waals surface area (Å²) in [6, 6.07) is 25.3. The third-order valence-electron chi connectivity index (χ3n) is 12.8. The van der Waals surface area contributed by atoms with E-state index in [1.807, 2.05) is 59.3 Å². The third-order valence-corrected chi connectivity index (χ3v) is 12.8. The number of ether oxygens (including phenoxy) is 2. The molecule has 9 rings (SSSR count). The number of nitrogens with one attached hydrogen (secondary N) is 1. The lowest BCUT2D eigenvalue weighted by molar-refractivity contribution is -0.135. The van der Waals surface area contributed by atoms with Crippen LogP contribution in [0.25, 0.3) is 11.3 Å². The molecule has 16 nitrogen and oxygen atoms in total. The predicted molar refractivity (Wildman–Crippen MR) is 233 cm³/mol. The Morgan fingerprint density at radius 1 is 0.869 bits per heavy atom. The van der Waals surface area contributed by atoms with Crippen LogP contribution in [-0.2, 0) is 19.1 Å². The first kappa shape index (κ1) is 40.3. The number of imide groups is 1. The Balaban J connectivity index is 0.751. The monoisotopic (exact) mass is 830 g/mol. The van der Waals surface area contributed by atoms with Crippen LogP contribution in [0, 0.1) is 0 Å². The summed E-state index contributed by atoms with van der Waals surface area (Å²) in [4.78, 5) is 50.8. The number of amides is 3. The highest BCUT2D eigenvalue weighted by molar-refractivity contribution is 6.01. The number of nitrogens with zero attached hydrogens (tertiary/aromatic N) is 8. The van der Waals surface area contributed by atoms with E-state index in [4.69, 9.17) is 15.2 Å². The quantitative estimate of drug-likeness (QED) is 0.199. The number of phenolic OH excluding ortho intramolecular Hbond substituents is 1. The number of anilines is 5. The SMILES string of the molecule is CN(c1cccc(N2CCN(CC(=O)N3CCC(Oc4cccc(N5[C@@H]6COC[C@H]5CN(c5cc(-c7ccccc7O)nnc5N)C6)c4)CC3)CC2)c1)[C@@H]1CCC(=O)NC1=O. The summed E-state index contributed by atoms with van der Waals surface area (Å²) in [6.07, 6.45) is 2.41. The molecule has 61 heavy (non-hydrogen) atoms. The maximum absolute atomic E-state index is 13.5. The van der Waals surface area contributed by atoms with Gasteiger partial charge in [-0.25, -0.2) is 0 Å². The molecule has 5 saturated heterocycles. The molecule has 0 spiro atoms. The summed E-state index contributed by atoms with van der Waals surface area (Å²) in [5.74, 6) is 1.02. The molecule has 320 valence electrons. The Hall–Kier alpha value is -6.13. The van der Waals surface area contributed by atoms with Gasteiger partial charge in [0.25, 0.3) is 0 Å². The summed E-state index contributed by atoms with van der Waals surface area (Å²) in [5.41, 5.74) is 11.5. The summed E-state index contributed by atoms with van der Waals surface area (Å²) in [5, 5.41) is 21.4. The van der Waals surface area contributed by atoms with Crippen molar-refractivity contribution in [3.05, 3.63) is 78.9 Å². The van der Waals surface area contributed by atoms with E-state index in [1.165, 1.54) is 0 Å². The van der Waals surface area contributed by atoms with Crippen LogP contribution in [0.3, 0.4) is 0 Å². The van der Waals surface area contributed by atoms with Gasteiger partial charge in [-0.3, -0.25) is 24.6 Å². The zero-order chi connectivity index (χ0) is 42.0. The number of phenols is 1. The third kappa shape index (κ3) is 8.73. The van der Waals surface area contributed by atoms with Gasteiger partial charge < -0.3 is 44.8 Å². The average Bonchev–Trinajstić information content (AvgIpc) is 3.27. The number of hydrogen-bond donors (Lipinski definition) is 3. The Morgan fingerprint density at radius 3 is 2.36 bits per heavy atom. The summed E-state index contributed by atoms with van der Waals surface area (Å²) in [6.45, 7) is 7.42. The van der Waals surface area contributed by atoms with Gasteiger partial charge in [-0.2, -0.15) is 0 Å². The fraction of sp³-hybridized carbons (Fsp3) is 0.444. The van der Waals surface area contributed by atoms with Crippen LogP contribution in [-0.4, -0.2) is 146 Å². The second-order valence-corrected chi connectivity index (χ2v) is 16.7. The largest absolute Gasteiger partial charge is 0.507 e. The van der Waals surface area contributed by atoms with Crippen molar-refractivity contribution in [2.24, 2.45) is 0 Å². The van der Waals surface area contributed by atoms with Gasteiger partial charge in [0.05, 0.1) is 43.2 Å². The van der Waals surface area contributed by atoms with Crippen LogP contribution in [0.5, 0.6) is 11.5 Å². The average molecular weight is 831 g/mol. The minimum atomic E-state index is -0.375. The lowest BCUT2D eigenvalue weighted by atomic mass is 10.0. The molecule has 3 aromatic carbocycles. The van der Waals surface area contributed by atoms with Gasteiger partial charge in [0.1, 0.15) is 23.6 Å². The number of benzene rings is 3. The minimum Gasteiger partial charge on any atom is -0.507 e. The normalized spacial score (nSPS) is 22.5. The maximum Gasteiger partial charge on any atom is 0.249 e. The summed E-state index contributed by atoms with van der Waals surface area (Å²) < 4.78 is 12.6. The Morgan fingerprint density at radius 2 is 1.61 bits per heavy atom. The number of carbonyl (C=O) groups excluding carboxylic acids is 3. The maximum atomic E-state index is 13.5. The van der Waals surface area contributed by atoms with E-state index in [-0.39, 0.29) is 47.7 Å². The molecule has 0 saturated carbocycles. The molecule has 4 aromatic rings. The van der Waals surface area contributed by atoms with Crippen molar-refractivity contribution in [1.29, 1.82) is 0 Å². The van der Waals surface area contributed by atoms with E-state index >= 15 is 0 Å². The highest BCUT2D eigenvalue weighted by atomic mass is 16.5. The lowest BCUT2D eigenvalue weighted by Crippen LogP contribution is -2.65. The predicted octanol–water partition coefficient (Wildman–Crippen LogP) is 2.96. The first-order valence-corrected chi connectivity index (χ1v) is 21.4. The molecule has 3 atom stereocenters. The highest BCUT2D eigenvalue weighted by Gasteiger charge is 2.39. The van der Waals surface area contributed by atoms with Crippen molar-refractivity contribution in [2.75, 3.05) is 104 Å². The molecule has 0 radical (unpaired) electrons. The van der Waals surface area contributed by atoms with E-state index in [1.54, 1.807) is 12.1 Å². The number of likely N-dealkylation sites (N-methyl/N-ethyl adjacent to an activating group) is 1. The number of morpholine rings is 1. The van der Waals surface area contributed by atoms with E-state index in [9.17, 15) is 19.5 Å². The zero-order valence-electron chi connectivity index (χ0n) is 34.6. The van der Waals surface area contributed by atoms with Crippen molar-refractivity contribution < 1.29 is 29.0 Å². The van der Waals surface area contributed by atoms with Crippen molar-refractivity contribution in [2.45, 2.75) is 49.9 Å². The molecular weight excluding hydrogens is 777 g/mol. The van der Waals surface area contributed by atoms with Gasteiger partial charge in [-0.05, 0) is 55.0 Å². The molecule has 6 heterocycles. The van der Waals surface area contributed by atoms with E-state index in [2.05, 4.69) is 59.4 Å². The first-order chi connectivity index (χ1) is 29.7. The van der Waals surface area contributed by atoms with Crippen LogP contribution in [0.1, 0.15) is 25.7 Å². The van der Waals surface area contributed by atoms with Crippen LogP contribution < -0.4 is 35.4 Å². The van der Waals surface area contributed by atoms with Crippen molar-refractivity contribution >= 4 is 46.3 Å². The molecule has 5 aliphatic rings. The molecule has 5 fully saturated rings. The van der Waals surface area contributed by atoms with Gasteiger partial charge in [-0.1, -0.05) is 24.3 Å². The van der Waals surface area contributed by atoms with Gasteiger partial charge in [0, 0.05) is 107 Å². The number of piperazine rings is 2. The van der Waals surface area contributed by atoms with Gasteiger partial charge in [0.2, 0.25) is 17.7 Å². The zero-order valence-corrected chi connectivity index (χ0v) is 34.6. The molecule has 16 heteroatoms. The van der Waals surface area contributed by atoms with E-state index in [0.717, 1.165) is 67.5 Å². The van der Waals surface area contributed by atoms with Gasteiger partial charge in [-0.15, -0.1) is 10.2 Å². The van der Waals surface area contributed by atoms with Gasteiger partial charge in [0.15, 0.2) is 5.82 Å². The molecule has 2 bridgehead atoms. The van der Waals surface area contributed by atoms with Crippen LogP contribution in [0.4, 0.5) is 28.6 Å². The molecular formula is C45H54N10O6. The second-order valence-electron chi connectivity index (χ2n) is 16.7. The van der Waals surface area contributed by atoms with Crippen molar-refractivity contribution in [1.82, 2.24) is 25.3 Å². The number of aromatic nitrogens is 2. The lowest BCUT2D eigenvalue weighted by Gasteiger charge is -2.51. The number of hydrogen-bond acceptors (Lipinski definition) is 14. The molecule has 3 amide bonds. The molecule has 5 aliphatic heterocycles. The first-order valence-electron chi connectivity index (χ1n) is 21.4. The fourth-order valence-electron chi connectivity index (χ4n) is 9.48. The molecule has 4 N–H and O–H groups in total. The van der Waals surface area contributed by atoms with E-state index in [0.29, 0.717) is 75.9 Å². The Kier molecular flexibility index (Phi) is 11.5. The molecule has 0 aliphatic carbocycles. The number of nitrogens with two attached hydrogens (primary N) is 1. The highest BCUT2D eigenvalue weighted by Crippen LogP contribution is 2.37. The number of para-hydroxylation sites is 1. The topological polar surface area (TPSA) is 173 Å². The van der Waals surface area contributed by atoms with Crippen LogP contribution in [0.15, 0.2) is 78.9 Å². The second kappa shape index (κ2) is 17.5. The van der Waals surface area contributed by atoms with Crippen LogP contribution >= 0.6 is 0 Å². The number of carbonyl (C=O) groups is 3. The number of likely N-dealkylation sites (tertiary alicyclic amines) is 1. The summed E-state index contributed by atoms with van der Waals surface area (Å²) >= 11 is 0. The standard InChI is InChI=1S/C45H54N10O6/c1-50(39-12-13-42(57)47-45(39)59)30-6-4-7-31(22-30)52-20-18-51(19-21-52)27-43(58)53-16-14-35(15-17-53)61-36-9-5-8-32(23-36)55-33-25-54(26-34(55)29-60-28-33)40-24-38(48-49-44(40)46)37-10-2-3-11-41(37)56/h2-11,22-24,33-35,39,56H,12-21,25-29H2,1H3,(H2,46,49)(H,47,57,59)/t33-,34+,39-/m1/s1. The minimum absolute atomic E-state index is 0.0211. The Bertz CT molecular complexity index is 2230. The summed E-state index contributed by atoms with van der Waals surface area (Å²) in [7, 11) is 1.90. The number of rotatable bonds is 10. The molecule has 0 unspecified atom stereocenters. The molecule has 1 aromatic heterocycles. The van der Waals surface area contributed by atoms with Crippen molar-refractivity contribution in [3.63, 3.8) is 0 Å².